The van der Waals surface area contributed by atoms with Crippen LogP contribution in [0.3, 0.4) is 0 Å². The number of aromatic nitrogens is 3. The first-order valence-corrected chi connectivity index (χ1v) is 6.60. The second kappa shape index (κ2) is 6.65. The van der Waals surface area contributed by atoms with Crippen molar-refractivity contribution in [1.82, 2.24) is 20.3 Å². The molecule has 1 amide bonds. The van der Waals surface area contributed by atoms with Crippen LogP contribution in [0.2, 0.25) is 0 Å². The van der Waals surface area contributed by atoms with E-state index in [-0.39, 0.29) is 12.1 Å². The van der Waals surface area contributed by atoms with E-state index in [1.165, 1.54) is 11.0 Å². The van der Waals surface area contributed by atoms with Gasteiger partial charge in [0.05, 0.1) is 18.3 Å². The summed E-state index contributed by atoms with van der Waals surface area (Å²) < 4.78 is 0. The number of benzene rings is 1. The Morgan fingerprint density at radius 2 is 2.05 bits per heavy atom. The van der Waals surface area contributed by atoms with E-state index >= 15 is 0 Å². The van der Waals surface area contributed by atoms with Crippen LogP contribution < -0.4 is 5.32 Å². The molecule has 7 nitrogen and oxygen atoms in total. The van der Waals surface area contributed by atoms with E-state index in [9.17, 15) is 9.59 Å². The van der Waals surface area contributed by atoms with E-state index in [4.69, 9.17) is 5.11 Å². The normalized spacial score (nSPS) is 11.9. The summed E-state index contributed by atoms with van der Waals surface area (Å²) in [6, 6.07) is 8.79. The van der Waals surface area contributed by atoms with E-state index in [0.717, 1.165) is 5.69 Å². The number of carbonyl (C=O) groups is 2. The molecule has 2 rings (SSSR count). The van der Waals surface area contributed by atoms with Crippen molar-refractivity contribution in [1.29, 1.82) is 0 Å². The van der Waals surface area contributed by atoms with Crippen LogP contribution in [-0.4, -0.2) is 38.0 Å². The quantitative estimate of drug-likeness (QED) is 0.833. The van der Waals surface area contributed by atoms with Crippen LogP contribution in [0.4, 0.5) is 0 Å². The van der Waals surface area contributed by atoms with Crippen molar-refractivity contribution in [3.05, 3.63) is 42.2 Å². The molecule has 1 atom stereocenters. The molecule has 0 fully saturated rings. The maximum Gasteiger partial charge on any atom is 0.305 e. The third kappa shape index (κ3) is 3.88. The molecule has 0 spiro atoms. The third-order valence-electron chi connectivity index (χ3n) is 2.96. The summed E-state index contributed by atoms with van der Waals surface area (Å²) in [5.74, 6) is -1.37. The van der Waals surface area contributed by atoms with Crippen molar-refractivity contribution >= 4 is 11.9 Å². The maximum absolute atomic E-state index is 12.0. The number of carbonyl (C=O) groups excluding carboxylic acids is 1. The fourth-order valence-electron chi connectivity index (χ4n) is 1.82. The Kier molecular flexibility index (Phi) is 4.65. The topological polar surface area (TPSA) is 97.1 Å². The monoisotopic (exact) mass is 288 g/mol. The molecule has 2 N–H and O–H groups in total. The zero-order chi connectivity index (χ0) is 15.2. The van der Waals surface area contributed by atoms with Gasteiger partial charge in [0.1, 0.15) is 0 Å². The van der Waals surface area contributed by atoms with Gasteiger partial charge in [0.15, 0.2) is 5.69 Å². The fourth-order valence-corrected chi connectivity index (χ4v) is 1.82. The first-order valence-electron chi connectivity index (χ1n) is 6.60. The SMILES string of the molecule is CCC(CC(=O)O)NC(=O)c1cnn(-c2ccccc2)n1. The van der Waals surface area contributed by atoms with Crippen LogP contribution in [0.25, 0.3) is 5.69 Å². The highest BCUT2D eigenvalue weighted by Crippen LogP contribution is 2.05. The van der Waals surface area contributed by atoms with E-state index in [1.54, 1.807) is 0 Å². The number of carboxylic acid groups (broad SMARTS) is 1. The van der Waals surface area contributed by atoms with E-state index < -0.39 is 17.9 Å². The molecule has 1 heterocycles. The van der Waals surface area contributed by atoms with Gasteiger partial charge in [-0.2, -0.15) is 9.90 Å². The van der Waals surface area contributed by atoms with E-state index in [2.05, 4.69) is 15.5 Å². The summed E-state index contributed by atoms with van der Waals surface area (Å²) >= 11 is 0. The van der Waals surface area contributed by atoms with Gasteiger partial charge in [0.25, 0.3) is 5.91 Å². The Hall–Kier alpha value is -2.70. The van der Waals surface area contributed by atoms with Gasteiger partial charge < -0.3 is 10.4 Å². The van der Waals surface area contributed by atoms with E-state index in [0.29, 0.717) is 6.42 Å². The van der Waals surface area contributed by atoms with Gasteiger partial charge >= 0.3 is 5.97 Å². The average molecular weight is 288 g/mol. The van der Waals surface area contributed by atoms with Crippen molar-refractivity contribution in [2.45, 2.75) is 25.8 Å². The highest BCUT2D eigenvalue weighted by Gasteiger charge is 2.17. The lowest BCUT2D eigenvalue weighted by atomic mass is 10.1. The zero-order valence-corrected chi connectivity index (χ0v) is 11.6. The predicted molar refractivity (Wildman–Crippen MR) is 75.2 cm³/mol. The second-order valence-electron chi connectivity index (χ2n) is 4.53. The van der Waals surface area contributed by atoms with Gasteiger partial charge in [0, 0.05) is 6.04 Å². The molecule has 0 saturated heterocycles. The number of hydrogen-bond acceptors (Lipinski definition) is 4. The van der Waals surface area contributed by atoms with Crippen LogP contribution in [0.1, 0.15) is 30.3 Å². The molecular formula is C14H16N4O3. The molecule has 21 heavy (non-hydrogen) atoms. The minimum atomic E-state index is -0.949. The minimum absolute atomic E-state index is 0.116. The molecule has 0 aliphatic carbocycles. The number of aliphatic carboxylic acids is 1. The number of para-hydroxylation sites is 1. The lowest BCUT2D eigenvalue weighted by Gasteiger charge is -2.13. The van der Waals surface area contributed by atoms with Crippen molar-refractivity contribution in [3.63, 3.8) is 0 Å². The molecule has 1 aromatic carbocycles. The largest absolute Gasteiger partial charge is 0.481 e. The van der Waals surface area contributed by atoms with Crippen LogP contribution in [-0.2, 0) is 4.79 Å². The highest BCUT2D eigenvalue weighted by molar-refractivity contribution is 5.92. The highest BCUT2D eigenvalue weighted by atomic mass is 16.4. The van der Waals surface area contributed by atoms with Gasteiger partial charge in [-0.1, -0.05) is 25.1 Å². The first-order chi connectivity index (χ1) is 10.1. The molecule has 1 aromatic heterocycles. The maximum atomic E-state index is 12.0. The molecule has 0 aliphatic rings. The molecule has 110 valence electrons. The Morgan fingerprint density at radius 1 is 1.33 bits per heavy atom. The Balaban J connectivity index is 2.07. The van der Waals surface area contributed by atoms with Crippen molar-refractivity contribution in [3.8, 4) is 5.69 Å². The van der Waals surface area contributed by atoms with Gasteiger partial charge in [0.2, 0.25) is 0 Å². The van der Waals surface area contributed by atoms with Crippen LogP contribution in [0.5, 0.6) is 0 Å². The van der Waals surface area contributed by atoms with Gasteiger partial charge in [-0.15, -0.1) is 5.10 Å². The van der Waals surface area contributed by atoms with E-state index in [1.807, 2.05) is 37.3 Å². The molecule has 7 heteroatoms. The molecule has 2 aromatic rings. The third-order valence-corrected chi connectivity index (χ3v) is 2.96. The van der Waals surface area contributed by atoms with Gasteiger partial charge in [-0.3, -0.25) is 9.59 Å². The van der Waals surface area contributed by atoms with Crippen molar-refractivity contribution < 1.29 is 14.7 Å². The first kappa shape index (κ1) is 14.7. The number of nitrogens with one attached hydrogen (secondary N) is 1. The molecule has 0 saturated carbocycles. The molecule has 0 aliphatic heterocycles. The summed E-state index contributed by atoms with van der Waals surface area (Å²) in [6.45, 7) is 1.81. The predicted octanol–water partition coefficient (Wildman–Crippen LogP) is 1.25. The van der Waals surface area contributed by atoms with Crippen LogP contribution >= 0.6 is 0 Å². The summed E-state index contributed by atoms with van der Waals surface area (Å²) in [6.07, 6.45) is 1.77. The van der Waals surface area contributed by atoms with Gasteiger partial charge in [-0.25, -0.2) is 0 Å². The molecule has 0 radical (unpaired) electrons. The lowest BCUT2D eigenvalue weighted by Crippen LogP contribution is -2.36. The zero-order valence-electron chi connectivity index (χ0n) is 11.6. The molecule has 1 unspecified atom stereocenters. The Morgan fingerprint density at radius 3 is 2.67 bits per heavy atom. The summed E-state index contributed by atoms with van der Waals surface area (Å²) in [5, 5.41) is 19.5. The van der Waals surface area contributed by atoms with Crippen molar-refractivity contribution in [2.75, 3.05) is 0 Å². The standard InChI is InChI=1S/C14H16N4O3/c1-2-10(8-13(19)20)16-14(21)12-9-15-18(17-12)11-6-4-3-5-7-11/h3-7,9-10H,2,8H2,1H3,(H,16,21)(H,19,20). The van der Waals surface area contributed by atoms with Gasteiger partial charge in [-0.05, 0) is 18.6 Å². The number of nitrogens with zero attached hydrogens (tertiary/aromatic N) is 3. The van der Waals surface area contributed by atoms with Crippen LogP contribution in [0, 0.1) is 0 Å². The summed E-state index contributed by atoms with van der Waals surface area (Å²) in [5.41, 5.74) is 0.900. The number of rotatable bonds is 6. The number of amides is 1. The molecule has 0 bridgehead atoms. The van der Waals surface area contributed by atoms with Crippen LogP contribution in [0.15, 0.2) is 36.5 Å². The Labute approximate surface area is 121 Å². The number of carboxylic acids is 1. The second-order valence-corrected chi connectivity index (χ2v) is 4.53. The molecular weight excluding hydrogens is 272 g/mol. The minimum Gasteiger partial charge on any atom is -0.481 e. The smallest absolute Gasteiger partial charge is 0.305 e. The summed E-state index contributed by atoms with van der Waals surface area (Å²) in [4.78, 5) is 24.1. The Bertz CT molecular complexity index is 624. The number of hydrogen-bond donors (Lipinski definition) is 2. The van der Waals surface area contributed by atoms with Crippen molar-refractivity contribution in [2.24, 2.45) is 0 Å². The average Bonchev–Trinajstić information content (AvgIpc) is 2.97. The summed E-state index contributed by atoms with van der Waals surface area (Å²) in [7, 11) is 0. The fraction of sp³-hybridized carbons (Fsp3) is 0.286. The lowest BCUT2D eigenvalue weighted by molar-refractivity contribution is -0.137.